The van der Waals surface area contributed by atoms with E-state index in [2.05, 4.69) is 5.32 Å². The molecule has 1 aliphatic rings. The summed E-state index contributed by atoms with van der Waals surface area (Å²) in [5, 5.41) is 3.41. The van der Waals surface area contributed by atoms with Crippen molar-refractivity contribution in [3.05, 3.63) is 52.5 Å². The van der Waals surface area contributed by atoms with Gasteiger partial charge in [-0.15, -0.1) is 0 Å². The largest absolute Gasteiger partial charge is 0.481 e. The summed E-state index contributed by atoms with van der Waals surface area (Å²) in [5.41, 5.74) is 0.459. The summed E-state index contributed by atoms with van der Waals surface area (Å²) in [6.45, 7) is 3.00. The molecular formula is C19H20Cl2N2O5S. The Morgan fingerprint density at radius 1 is 1.10 bits per heavy atom. The smallest absolute Gasteiger partial charge is 0.265 e. The summed E-state index contributed by atoms with van der Waals surface area (Å²) in [6.07, 6.45) is -0.802. The van der Waals surface area contributed by atoms with Crippen molar-refractivity contribution in [2.24, 2.45) is 0 Å². The van der Waals surface area contributed by atoms with Gasteiger partial charge in [-0.25, -0.2) is 8.42 Å². The molecule has 1 N–H and O–H groups in total. The van der Waals surface area contributed by atoms with Gasteiger partial charge in [-0.3, -0.25) is 4.79 Å². The summed E-state index contributed by atoms with van der Waals surface area (Å²) < 4.78 is 37.4. The predicted molar refractivity (Wildman–Crippen MR) is 111 cm³/mol. The van der Waals surface area contributed by atoms with Crippen LogP contribution in [0.2, 0.25) is 10.0 Å². The van der Waals surface area contributed by atoms with E-state index in [1.165, 1.54) is 34.6 Å². The molecule has 0 radical (unpaired) electrons. The fourth-order valence-corrected chi connectivity index (χ4v) is 4.39. The zero-order valence-electron chi connectivity index (χ0n) is 15.6. The summed E-state index contributed by atoms with van der Waals surface area (Å²) in [4.78, 5) is 12.5. The number of hydrogen-bond acceptors (Lipinski definition) is 5. The van der Waals surface area contributed by atoms with Crippen LogP contribution in [0.3, 0.4) is 0 Å². The lowest BCUT2D eigenvalue weighted by Gasteiger charge is -2.26. The molecule has 7 nitrogen and oxygen atoms in total. The molecule has 1 heterocycles. The molecule has 1 saturated heterocycles. The summed E-state index contributed by atoms with van der Waals surface area (Å²) in [7, 11) is -3.58. The molecule has 0 bridgehead atoms. The monoisotopic (exact) mass is 458 g/mol. The summed E-state index contributed by atoms with van der Waals surface area (Å²) in [6, 6.07) is 10.7. The van der Waals surface area contributed by atoms with Crippen LogP contribution in [0, 0.1) is 0 Å². The molecule has 156 valence electrons. The van der Waals surface area contributed by atoms with Gasteiger partial charge in [-0.05, 0) is 43.3 Å². The lowest BCUT2D eigenvalue weighted by Crippen LogP contribution is -2.40. The van der Waals surface area contributed by atoms with Gasteiger partial charge in [0.25, 0.3) is 5.91 Å². The van der Waals surface area contributed by atoms with Crippen molar-refractivity contribution in [1.29, 1.82) is 0 Å². The second-order valence-electron chi connectivity index (χ2n) is 6.37. The second-order valence-corrected chi connectivity index (χ2v) is 9.12. The third-order valence-electron chi connectivity index (χ3n) is 4.30. The third kappa shape index (κ3) is 5.40. The lowest BCUT2D eigenvalue weighted by molar-refractivity contribution is -0.122. The number of rotatable bonds is 6. The minimum absolute atomic E-state index is 0.164. The minimum atomic E-state index is -3.58. The average molecular weight is 459 g/mol. The number of hydrogen-bond donors (Lipinski definition) is 1. The highest BCUT2D eigenvalue weighted by atomic mass is 35.5. The van der Waals surface area contributed by atoms with Gasteiger partial charge in [0, 0.05) is 24.8 Å². The molecule has 1 amide bonds. The van der Waals surface area contributed by atoms with E-state index in [0.29, 0.717) is 47.8 Å². The molecule has 0 saturated carbocycles. The van der Waals surface area contributed by atoms with Crippen molar-refractivity contribution in [3.8, 4) is 5.75 Å². The number of halogens is 2. The Hall–Kier alpha value is -1.84. The first kappa shape index (κ1) is 21.9. The fourth-order valence-electron chi connectivity index (χ4n) is 2.70. The number of amides is 1. The highest BCUT2D eigenvalue weighted by Gasteiger charge is 2.26. The first-order valence-electron chi connectivity index (χ1n) is 8.88. The Bertz CT molecular complexity index is 977. The van der Waals surface area contributed by atoms with E-state index in [0.717, 1.165) is 0 Å². The van der Waals surface area contributed by atoms with Crippen LogP contribution in [0.1, 0.15) is 6.92 Å². The summed E-state index contributed by atoms with van der Waals surface area (Å²) >= 11 is 11.8. The topological polar surface area (TPSA) is 84.9 Å². The van der Waals surface area contributed by atoms with E-state index in [-0.39, 0.29) is 10.8 Å². The van der Waals surface area contributed by atoms with Gasteiger partial charge < -0.3 is 14.8 Å². The van der Waals surface area contributed by atoms with Crippen molar-refractivity contribution < 1.29 is 22.7 Å². The first-order valence-corrected chi connectivity index (χ1v) is 11.1. The molecule has 1 atom stereocenters. The molecular weight excluding hydrogens is 439 g/mol. The normalized spacial score (nSPS) is 16.2. The maximum Gasteiger partial charge on any atom is 0.265 e. The van der Waals surface area contributed by atoms with Crippen LogP contribution in [0.4, 0.5) is 5.69 Å². The van der Waals surface area contributed by atoms with Gasteiger partial charge in [-0.2, -0.15) is 4.31 Å². The summed E-state index contributed by atoms with van der Waals surface area (Å²) in [5.74, 6) is 0.0221. The molecule has 0 aliphatic carbocycles. The molecule has 0 spiro atoms. The Morgan fingerprint density at radius 2 is 1.76 bits per heavy atom. The predicted octanol–water partition coefficient (Wildman–Crippen LogP) is 3.42. The van der Waals surface area contributed by atoms with Crippen LogP contribution in [-0.2, 0) is 19.6 Å². The van der Waals surface area contributed by atoms with E-state index in [1.807, 2.05) is 0 Å². The van der Waals surface area contributed by atoms with Crippen LogP contribution in [-0.4, -0.2) is 51.0 Å². The number of carbonyl (C=O) groups is 1. The van der Waals surface area contributed by atoms with Crippen molar-refractivity contribution in [2.45, 2.75) is 17.9 Å². The van der Waals surface area contributed by atoms with Gasteiger partial charge in [0.2, 0.25) is 10.0 Å². The molecule has 1 fully saturated rings. The van der Waals surface area contributed by atoms with Gasteiger partial charge in [0.15, 0.2) is 6.10 Å². The molecule has 2 aromatic rings. The fraction of sp³-hybridized carbons (Fsp3) is 0.316. The number of sulfonamides is 1. The van der Waals surface area contributed by atoms with E-state index in [1.54, 1.807) is 19.1 Å². The zero-order chi connectivity index (χ0) is 21.0. The van der Waals surface area contributed by atoms with Crippen molar-refractivity contribution in [1.82, 2.24) is 4.31 Å². The van der Waals surface area contributed by atoms with Crippen LogP contribution < -0.4 is 10.1 Å². The van der Waals surface area contributed by atoms with E-state index >= 15 is 0 Å². The van der Waals surface area contributed by atoms with Crippen LogP contribution in [0.25, 0.3) is 0 Å². The number of ether oxygens (including phenoxy) is 2. The van der Waals surface area contributed by atoms with Crippen molar-refractivity contribution in [3.63, 3.8) is 0 Å². The second kappa shape index (κ2) is 9.32. The highest BCUT2D eigenvalue weighted by Crippen LogP contribution is 2.27. The number of anilines is 1. The molecule has 2 aromatic carbocycles. The Morgan fingerprint density at radius 3 is 2.38 bits per heavy atom. The number of nitrogens with zero attached hydrogens (tertiary/aromatic N) is 1. The lowest BCUT2D eigenvalue weighted by atomic mass is 10.3. The Labute approximate surface area is 179 Å². The van der Waals surface area contributed by atoms with E-state index in [9.17, 15) is 13.2 Å². The Balaban J connectivity index is 1.62. The Kier molecular flexibility index (Phi) is 7.02. The van der Waals surface area contributed by atoms with Gasteiger partial charge in [-0.1, -0.05) is 23.2 Å². The molecule has 1 aliphatic heterocycles. The molecule has 0 aromatic heterocycles. The van der Waals surface area contributed by atoms with Gasteiger partial charge in [0.05, 0.1) is 28.2 Å². The van der Waals surface area contributed by atoms with Crippen LogP contribution in [0.15, 0.2) is 47.4 Å². The third-order valence-corrected chi connectivity index (χ3v) is 6.95. The standard InChI is InChI=1S/C19H20Cl2N2O5S/c1-13(28-15-4-7-17(20)18(21)12-15)19(24)22-14-2-5-16(6-3-14)29(25,26)23-8-10-27-11-9-23/h2-7,12-13H,8-11H2,1H3,(H,22,24)/t13-/m1/s1. The number of nitrogens with one attached hydrogen (secondary N) is 1. The zero-order valence-corrected chi connectivity index (χ0v) is 17.9. The molecule has 10 heteroatoms. The highest BCUT2D eigenvalue weighted by molar-refractivity contribution is 7.89. The van der Waals surface area contributed by atoms with E-state index < -0.39 is 16.1 Å². The molecule has 0 unspecified atom stereocenters. The number of carbonyl (C=O) groups excluding carboxylic acids is 1. The van der Waals surface area contributed by atoms with Gasteiger partial charge in [0.1, 0.15) is 5.75 Å². The van der Waals surface area contributed by atoms with E-state index in [4.69, 9.17) is 32.7 Å². The van der Waals surface area contributed by atoms with Crippen molar-refractivity contribution in [2.75, 3.05) is 31.6 Å². The molecule has 29 heavy (non-hydrogen) atoms. The minimum Gasteiger partial charge on any atom is -0.481 e. The van der Waals surface area contributed by atoms with Gasteiger partial charge >= 0.3 is 0 Å². The van der Waals surface area contributed by atoms with Crippen molar-refractivity contribution >= 4 is 44.8 Å². The number of morpholine rings is 1. The first-order chi connectivity index (χ1) is 13.8. The SMILES string of the molecule is C[C@@H](Oc1ccc(Cl)c(Cl)c1)C(=O)Nc1ccc(S(=O)(=O)N2CCOCC2)cc1. The maximum absolute atomic E-state index is 12.6. The number of benzene rings is 2. The maximum atomic E-state index is 12.6. The average Bonchev–Trinajstić information content (AvgIpc) is 2.72. The quantitative estimate of drug-likeness (QED) is 0.716. The van der Waals surface area contributed by atoms with Crippen LogP contribution in [0.5, 0.6) is 5.75 Å². The molecule has 3 rings (SSSR count). The van der Waals surface area contributed by atoms with Crippen LogP contribution >= 0.6 is 23.2 Å².